The molecule has 0 heterocycles. The second-order valence-corrected chi connectivity index (χ2v) is 5.40. The van der Waals surface area contributed by atoms with E-state index in [0.29, 0.717) is 0 Å². The number of anilines is 1. The summed E-state index contributed by atoms with van der Waals surface area (Å²) < 4.78 is 5.61. The minimum Gasteiger partial charge on any atom is -0.489 e. The second-order valence-electron chi connectivity index (χ2n) is 5.40. The number of hydrogen-bond acceptors (Lipinski definition) is 3. The first-order chi connectivity index (χ1) is 7.98. The molecule has 2 rings (SSSR count). The second kappa shape index (κ2) is 4.57. The average molecular weight is 234 g/mol. The lowest BCUT2D eigenvalue weighted by Gasteiger charge is -2.14. The molecule has 3 heteroatoms. The van der Waals surface area contributed by atoms with E-state index in [2.05, 4.69) is 6.07 Å². The van der Waals surface area contributed by atoms with Gasteiger partial charge in [-0.3, -0.25) is 0 Å². The van der Waals surface area contributed by atoms with E-state index in [4.69, 9.17) is 16.2 Å². The van der Waals surface area contributed by atoms with Crippen LogP contribution in [-0.4, -0.2) is 11.6 Å². The third kappa shape index (κ3) is 3.37. The smallest absolute Gasteiger partial charge is 0.142 e. The van der Waals surface area contributed by atoms with Crippen LogP contribution in [0.1, 0.15) is 38.7 Å². The SMILES string of the molecule is CC(C)Oc1ccc(CCC2(N)CC2)cc1N. The van der Waals surface area contributed by atoms with Gasteiger partial charge in [0.15, 0.2) is 0 Å². The minimum atomic E-state index is 0.113. The van der Waals surface area contributed by atoms with Gasteiger partial charge in [-0.25, -0.2) is 0 Å². The topological polar surface area (TPSA) is 61.3 Å². The molecule has 1 aromatic rings. The first-order valence-corrected chi connectivity index (χ1v) is 6.32. The van der Waals surface area contributed by atoms with Crippen LogP contribution in [0.5, 0.6) is 5.75 Å². The zero-order chi connectivity index (χ0) is 12.5. The van der Waals surface area contributed by atoms with Crippen LogP contribution in [0.15, 0.2) is 18.2 Å². The number of rotatable bonds is 5. The van der Waals surface area contributed by atoms with Gasteiger partial charge in [0.05, 0.1) is 11.8 Å². The van der Waals surface area contributed by atoms with Crippen LogP contribution >= 0.6 is 0 Å². The van der Waals surface area contributed by atoms with E-state index in [0.717, 1.165) is 37.1 Å². The van der Waals surface area contributed by atoms with Gasteiger partial charge in [-0.05, 0) is 57.2 Å². The summed E-state index contributed by atoms with van der Waals surface area (Å²) in [6.07, 6.45) is 4.54. The zero-order valence-electron chi connectivity index (χ0n) is 10.7. The van der Waals surface area contributed by atoms with E-state index in [1.807, 2.05) is 26.0 Å². The van der Waals surface area contributed by atoms with Crippen LogP contribution in [0.2, 0.25) is 0 Å². The van der Waals surface area contributed by atoms with Crippen LogP contribution in [-0.2, 0) is 6.42 Å². The Labute approximate surface area is 103 Å². The Morgan fingerprint density at radius 1 is 1.35 bits per heavy atom. The van der Waals surface area contributed by atoms with Gasteiger partial charge in [0.25, 0.3) is 0 Å². The third-order valence-electron chi connectivity index (χ3n) is 3.24. The van der Waals surface area contributed by atoms with Crippen molar-refractivity contribution in [2.75, 3.05) is 5.73 Å². The fourth-order valence-corrected chi connectivity index (χ4v) is 1.92. The molecule has 0 unspecified atom stereocenters. The Hall–Kier alpha value is -1.22. The van der Waals surface area contributed by atoms with E-state index in [-0.39, 0.29) is 11.6 Å². The largest absolute Gasteiger partial charge is 0.489 e. The number of nitrogen functional groups attached to an aromatic ring is 1. The summed E-state index contributed by atoms with van der Waals surface area (Å²) >= 11 is 0. The minimum absolute atomic E-state index is 0.113. The summed E-state index contributed by atoms with van der Waals surface area (Å²) in [5.41, 5.74) is 14.1. The maximum absolute atomic E-state index is 6.07. The Kier molecular flexibility index (Phi) is 3.29. The van der Waals surface area contributed by atoms with Gasteiger partial charge in [-0.1, -0.05) is 6.07 Å². The van der Waals surface area contributed by atoms with E-state index in [1.54, 1.807) is 0 Å². The van der Waals surface area contributed by atoms with Crippen molar-refractivity contribution in [2.24, 2.45) is 5.73 Å². The molecule has 0 saturated heterocycles. The van der Waals surface area contributed by atoms with Gasteiger partial charge < -0.3 is 16.2 Å². The maximum atomic E-state index is 6.07. The Morgan fingerprint density at radius 3 is 2.59 bits per heavy atom. The highest BCUT2D eigenvalue weighted by atomic mass is 16.5. The highest BCUT2D eigenvalue weighted by Crippen LogP contribution is 2.37. The van der Waals surface area contributed by atoms with Crippen molar-refractivity contribution in [2.45, 2.75) is 51.2 Å². The molecule has 17 heavy (non-hydrogen) atoms. The van der Waals surface area contributed by atoms with Gasteiger partial charge in [-0.15, -0.1) is 0 Å². The van der Waals surface area contributed by atoms with Gasteiger partial charge in [0.1, 0.15) is 5.75 Å². The average Bonchev–Trinajstić information content (AvgIpc) is 2.98. The number of benzene rings is 1. The number of hydrogen-bond donors (Lipinski definition) is 2. The van der Waals surface area contributed by atoms with Crippen molar-refractivity contribution in [3.05, 3.63) is 23.8 Å². The molecule has 1 aliphatic carbocycles. The summed E-state index contributed by atoms with van der Waals surface area (Å²) in [6.45, 7) is 4.00. The molecule has 1 saturated carbocycles. The predicted molar refractivity (Wildman–Crippen MR) is 71.1 cm³/mol. The van der Waals surface area contributed by atoms with Crippen LogP contribution in [0.3, 0.4) is 0 Å². The molecular formula is C14H22N2O. The summed E-state index contributed by atoms with van der Waals surface area (Å²) in [5.74, 6) is 0.776. The first-order valence-electron chi connectivity index (χ1n) is 6.32. The highest BCUT2D eigenvalue weighted by Gasteiger charge is 2.37. The monoisotopic (exact) mass is 234 g/mol. The zero-order valence-corrected chi connectivity index (χ0v) is 10.7. The molecule has 0 aromatic heterocycles. The van der Waals surface area contributed by atoms with Gasteiger partial charge in [-0.2, -0.15) is 0 Å². The van der Waals surface area contributed by atoms with Gasteiger partial charge in [0.2, 0.25) is 0 Å². The highest BCUT2D eigenvalue weighted by molar-refractivity contribution is 5.54. The summed E-state index contributed by atoms with van der Waals surface area (Å²) in [6, 6.07) is 6.05. The molecular weight excluding hydrogens is 212 g/mol. The third-order valence-corrected chi connectivity index (χ3v) is 3.24. The molecule has 0 radical (unpaired) electrons. The standard InChI is InChI=1S/C14H22N2O/c1-10(2)17-13-4-3-11(9-12(13)15)5-6-14(16)7-8-14/h3-4,9-10H,5-8,15-16H2,1-2H3. The van der Waals surface area contributed by atoms with Crippen molar-refractivity contribution < 1.29 is 4.74 Å². The van der Waals surface area contributed by atoms with E-state index >= 15 is 0 Å². The lowest BCUT2D eigenvalue weighted by Crippen LogP contribution is -2.22. The Morgan fingerprint density at radius 2 is 2.06 bits per heavy atom. The summed E-state index contributed by atoms with van der Waals surface area (Å²) in [5, 5.41) is 0. The number of aryl methyl sites for hydroxylation is 1. The molecule has 1 aliphatic rings. The molecule has 0 spiro atoms. The molecule has 1 fully saturated rings. The molecule has 0 bridgehead atoms. The Bertz CT molecular complexity index is 397. The van der Waals surface area contributed by atoms with Crippen molar-refractivity contribution in [1.82, 2.24) is 0 Å². The van der Waals surface area contributed by atoms with E-state index in [1.165, 1.54) is 5.56 Å². The fourth-order valence-electron chi connectivity index (χ4n) is 1.92. The van der Waals surface area contributed by atoms with E-state index < -0.39 is 0 Å². The lowest BCUT2D eigenvalue weighted by atomic mass is 10.0. The quantitative estimate of drug-likeness (QED) is 0.769. The number of nitrogens with two attached hydrogens (primary N) is 2. The molecule has 0 amide bonds. The molecule has 94 valence electrons. The van der Waals surface area contributed by atoms with Crippen LogP contribution in [0.4, 0.5) is 5.69 Å². The van der Waals surface area contributed by atoms with Crippen molar-refractivity contribution in [3.63, 3.8) is 0 Å². The van der Waals surface area contributed by atoms with Crippen LogP contribution in [0.25, 0.3) is 0 Å². The predicted octanol–water partition coefficient (Wildman–Crippen LogP) is 2.48. The van der Waals surface area contributed by atoms with Crippen LogP contribution in [0, 0.1) is 0 Å². The van der Waals surface area contributed by atoms with Crippen molar-refractivity contribution >= 4 is 5.69 Å². The Balaban J connectivity index is 1.97. The fraction of sp³-hybridized carbons (Fsp3) is 0.571. The molecule has 0 atom stereocenters. The van der Waals surface area contributed by atoms with Crippen molar-refractivity contribution in [3.8, 4) is 5.75 Å². The molecule has 3 nitrogen and oxygen atoms in total. The number of ether oxygens (including phenoxy) is 1. The molecule has 0 aliphatic heterocycles. The molecule has 4 N–H and O–H groups in total. The molecule has 1 aromatic carbocycles. The first kappa shape index (κ1) is 12.2. The van der Waals surface area contributed by atoms with Gasteiger partial charge >= 0.3 is 0 Å². The van der Waals surface area contributed by atoms with Crippen molar-refractivity contribution in [1.29, 1.82) is 0 Å². The van der Waals surface area contributed by atoms with Gasteiger partial charge in [0, 0.05) is 5.54 Å². The van der Waals surface area contributed by atoms with E-state index in [9.17, 15) is 0 Å². The lowest BCUT2D eigenvalue weighted by molar-refractivity contribution is 0.244. The normalized spacial score (nSPS) is 17.2. The summed E-state index contributed by atoms with van der Waals surface area (Å²) in [7, 11) is 0. The van der Waals surface area contributed by atoms with Crippen LogP contribution < -0.4 is 16.2 Å². The summed E-state index contributed by atoms with van der Waals surface area (Å²) in [4.78, 5) is 0. The maximum Gasteiger partial charge on any atom is 0.142 e.